The normalized spacial score (nSPS) is 22.0. The van der Waals surface area contributed by atoms with Crippen LogP contribution in [0.15, 0.2) is 30.3 Å². The Hall–Kier alpha value is -1.35. The van der Waals surface area contributed by atoms with Crippen molar-refractivity contribution in [2.75, 3.05) is 13.1 Å². The summed E-state index contributed by atoms with van der Waals surface area (Å²) in [6, 6.07) is 10.6. The Balaban J connectivity index is 1.94. The minimum atomic E-state index is 0.284. The second kappa shape index (κ2) is 8.18. The van der Waals surface area contributed by atoms with Crippen LogP contribution in [-0.2, 0) is 11.2 Å². The summed E-state index contributed by atoms with van der Waals surface area (Å²) in [5.41, 5.74) is 7.15. The van der Waals surface area contributed by atoms with Crippen molar-refractivity contribution >= 4 is 5.91 Å². The van der Waals surface area contributed by atoms with E-state index < -0.39 is 0 Å². The predicted molar refractivity (Wildman–Crippen MR) is 87.0 cm³/mol. The molecule has 3 nitrogen and oxygen atoms in total. The van der Waals surface area contributed by atoms with Crippen molar-refractivity contribution in [3.05, 3.63) is 35.9 Å². The summed E-state index contributed by atoms with van der Waals surface area (Å²) in [5, 5.41) is 0. The molecule has 1 aromatic rings. The Kier molecular flexibility index (Phi) is 6.24. The van der Waals surface area contributed by atoms with Gasteiger partial charge < -0.3 is 10.6 Å². The first-order valence-corrected chi connectivity index (χ1v) is 8.29. The van der Waals surface area contributed by atoms with Gasteiger partial charge in [-0.1, -0.05) is 43.2 Å². The van der Waals surface area contributed by atoms with Gasteiger partial charge in [0.1, 0.15) is 0 Å². The highest BCUT2D eigenvalue weighted by atomic mass is 16.2. The summed E-state index contributed by atoms with van der Waals surface area (Å²) in [7, 11) is 0. The molecule has 1 aromatic carbocycles. The van der Waals surface area contributed by atoms with Crippen molar-refractivity contribution < 1.29 is 4.79 Å². The molecule has 2 unspecified atom stereocenters. The fourth-order valence-electron chi connectivity index (χ4n) is 3.51. The molecule has 2 atom stereocenters. The zero-order valence-electron chi connectivity index (χ0n) is 13.1. The minimum Gasteiger partial charge on any atom is -0.340 e. The molecule has 0 heterocycles. The zero-order chi connectivity index (χ0) is 15.1. The molecule has 0 aliphatic heterocycles. The summed E-state index contributed by atoms with van der Waals surface area (Å²) in [5.74, 6) is 0.770. The third kappa shape index (κ3) is 4.31. The van der Waals surface area contributed by atoms with Gasteiger partial charge in [0.05, 0.1) is 0 Å². The lowest BCUT2D eigenvalue weighted by Crippen LogP contribution is -2.48. The van der Waals surface area contributed by atoms with Gasteiger partial charge in [-0.15, -0.1) is 0 Å². The van der Waals surface area contributed by atoms with Crippen molar-refractivity contribution in [3.63, 3.8) is 0 Å². The van der Waals surface area contributed by atoms with Crippen LogP contribution in [0.4, 0.5) is 0 Å². The molecule has 1 saturated carbocycles. The number of benzene rings is 1. The van der Waals surface area contributed by atoms with E-state index in [9.17, 15) is 4.79 Å². The van der Waals surface area contributed by atoms with Gasteiger partial charge in [0.25, 0.3) is 0 Å². The Bertz CT molecular complexity index is 432. The molecule has 3 heteroatoms. The average molecular weight is 288 g/mol. The fourth-order valence-corrected chi connectivity index (χ4v) is 3.51. The molecular weight excluding hydrogens is 260 g/mol. The van der Waals surface area contributed by atoms with E-state index in [1.54, 1.807) is 0 Å². The lowest BCUT2D eigenvalue weighted by Gasteiger charge is -2.39. The SMILES string of the molecule is CCN(C(=O)CCc1ccccc1)C1CCCCC1CN. The zero-order valence-corrected chi connectivity index (χ0v) is 13.1. The van der Waals surface area contributed by atoms with Crippen molar-refractivity contribution in [2.24, 2.45) is 11.7 Å². The first-order chi connectivity index (χ1) is 10.3. The van der Waals surface area contributed by atoms with Crippen LogP contribution < -0.4 is 5.73 Å². The number of amides is 1. The smallest absolute Gasteiger partial charge is 0.223 e. The molecule has 0 radical (unpaired) electrons. The van der Waals surface area contributed by atoms with E-state index >= 15 is 0 Å². The second-order valence-corrected chi connectivity index (χ2v) is 6.01. The van der Waals surface area contributed by atoms with Gasteiger partial charge in [0, 0.05) is 19.0 Å². The molecule has 21 heavy (non-hydrogen) atoms. The van der Waals surface area contributed by atoms with Crippen LogP contribution in [0.5, 0.6) is 0 Å². The average Bonchev–Trinajstić information content (AvgIpc) is 2.55. The third-order valence-electron chi connectivity index (χ3n) is 4.70. The Morgan fingerprint density at radius 3 is 2.62 bits per heavy atom. The first kappa shape index (κ1) is 16.0. The summed E-state index contributed by atoms with van der Waals surface area (Å²) in [6.07, 6.45) is 6.20. The second-order valence-electron chi connectivity index (χ2n) is 6.01. The molecule has 0 bridgehead atoms. The number of hydrogen-bond donors (Lipinski definition) is 1. The molecule has 0 saturated heterocycles. The van der Waals surface area contributed by atoms with E-state index in [0.29, 0.717) is 24.9 Å². The van der Waals surface area contributed by atoms with Gasteiger partial charge in [-0.2, -0.15) is 0 Å². The standard InChI is InChI=1S/C18H28N2O/c1-2-20(17-11-7-6-10-16(17)14-19)18(21)13-12-15-8-4-3-5-9-15/h3-5,8-9,16-17H,2,6-7,10-14,19H2,1H3. The van der Waals surface area contributed by atoms with E-state index in [1.165, 1.54) is 24.8 Å². The third-order valence-corrected chi connectivity index (χ3v) is 4.70. The predicted octanol–water partition coefficient (Wildman–Crippen LogP) is 2.99. The highest BCUT2D eigenvalue weighted by Crippen LogP contribution is 2.28. The molecule has 2 rings (SSSR count). The quantitative estimate of drug-likeness (QED) is 0.874. The Morgan fingerprint density at radius 1 is 1.24 bits per heavy atom. The number of hydrogen-bond acceptors (Lipinski definition) is 2. The molecule has 0 spiro atoms. The lowest BCUT2D eigenvalue weighted by atomic mass is 9.83. The molecule has 1 amide bonds. The monoisotopic (exact) mass is 288 g/mol. The molecule has 1 aliphatic carbocycles. The van der Waals surface area contributed by atoms with Crippen LogP contribution in [-0.4, -0.2) is 29.9 Å². The topological polar surface area (TPSA) is 46.3 Å². The fraction of sp³-hybridized carbons (Fsp3) is 0.611. The van der Waals surface area contributed by atoms with Crippen LogP contribution in [0.2, 0.25) is 0 Å². The highest BCUT2D eigenvalue weighted by molar-refractivity contribution is 5.76. The van der Waals surface area contributed by atoms with Gasteiger partial charge in [-0.3, -0.25) is 4.79 Å². The van der Waals surface area contributed by atoms with E-state index in [4.69, 9.17) is 5.73 Å². The summed E-state index contributed by atoms with van der Waals surface area (Å²) >= 11 is 0. The van der Waals surface area contributed by atoms with Crippen molar-refractivity contribution in [1.29, 1.82) is 0 Å². The summed E-state index contributed by atoms with van der Waals surface area (Å²) in [4.78, 5) is 14.7. The number of nitrogens with zero attached hydrogens (tertiary/aromatic N) is 1. The van der Waals surface area contributed by atoms with Crippen LogP contribution in [0.3, 0.4) is 0 Å². The summed E-state index contributed by atoms with van der Waals surface area (Å²) in [6.45, 7) is 3.59. The van der Waals surface area contributed by atoms with Gasteiger partial charge in [-0.05, 0) is 44.2 Å². The van der Waals surface area contributed by atoms with Crippen molar-refractivity contribution in [3.8, 4) is 0 Å². The lowest BCUT2D eigenvalue weighted by molar-refractivity contribution is -0.135. The Morgan fingerprint density at radius 2 is 1.95 bits per heavy atom. The van der Waals surface area contributed by atoms with Gasteiger partial charge >= 0.3 is 0 Å². The van der Waals surface area contributed by atoms with Crippen LogP contribution in [0.1, 0.15) is 44.6 Å². The number of nitrogens with two attached hydrogens (primary N) is 1. The molecular formula is C18H28N2O. The highest BCUT2D eigenvalue weighted by Gasteiger charge is 2.30. The summed E-state index contributed by atoms with van der Waals surface area (Å²) < 4.78 is 0. The molecule has 116 valence electrons. The first-order valence-electron chi connectivity index (χ1n) is 8.29. The molecule has 1 aliphatic rings. The van der Waals surface area contributed by atoms with Crippen LogP contribution >= 0.6 is 0 Å². The number of rotatable bonds is 6. The maximum atomic E-state index is 12.6. The van der Waals surface area contributed by atoms with E-state index in [1.807, 2.05) is 18.2 Å². The van der Waals surface area contributed by atoms with Crippen LogP contribution in [0, 0.1) is 5.92 Å². The maximum absolute atomic E-state index is 12.6. The Labute approximate surface area is 128 Å². The molecule has 2 N–H and O–H groups in total. The largest absolute Gasteiger partial charge is 0.340 e. The number of carbonyl (C=O) groups excluding carboxylic acids is 1. The minimum absolute atomic E-state index is 0.284. The van der Waals surface area contributed by atoms with Crippen molar-refractivity contribution in [1.82, 2.24) is 4.90 Å². The van der Waals surface area contributed by atoms with E-state index in [-0.39, 0.29) is 5.91 Å². The number of carbonyl (C=O) groups is 1. The number of aryl methyl sites for hydroxylation is 1. The van der Waals surface area contributed by atoms with Crippen LogP contribution in [0.25, 0.3) is 0 Å². The van der Waals surface area contributed by atoms with Gasteiger partial charge in [-0.25, -0.2) is 0 Å². The van der Waals surface area contributed by atoms with Gasteiger partial charge in [0.15, 0.2) is 0 Å². The maximum Gasteiger partial charge on any atom is 0.223 e. The van der Waals surface area contributed by atoms with E-state index in [2.05, 4.69) is 24.0 Å². The molecule has 0 aromatic heterocycles. The molecule has 1 fully saturated rings. The van der Waals surface area contributed by atoms with Gasteiger partial charge in [0.2, 0.25) is 5.91 Å². The van der Waals surface area contributed by atoms with E-state index in [0.717, 1.165) is 19.4 Å². The van der Waals surface area contributed by atoms with Crippen molar-refractivity contribution in [2.45, 2.75) is 51.5 Å².